The average Bonchev–Trinajstić information content (AvgIpc) is 2.74. The van der Waals surface area contributed by atoms with Crippen LogP contribution in [0.4, 0.5) is 0 Å². The van der Waals surface area contributed by atoms with Crippen molar-refractivity contribution in [2.75, 3.05) is 0 Å². The predicted octanol–water partition coefficient (Wildman–Crippen LogP) is 3.00. The minimum Gasteiger partial charge on any atom is -0.423 e. The van der Waals surface area contributed by atoms with Gasteiger partial charge in [0.15, 0.2) is 0 Å². The van der Waals surface area contributed by atoms with Crippen molar-refractivity contribution in [3.05, 3.63) is 52.8 Å². The van der Waals surface area contributed by atoms with Gasteiger partial charge in [-0.15, -0.1) is 0 Å². The van der Waals surface area contributed by atoms with E-state index in [9.17, 15) is 9.59 Å². The summed E-state index contributed by atoms with van der Waals surface area (Å²) in [5, 5.41) is 0. The van der Waals surface area contributed by atoms with Gasteiger partial charge in [0, 0.05) is 23.0 Å². The van der Waals surface area contributed by atoms with E-state index in [1.54, 1.807) is 18.2 Å². The fraction of sp³-hybridized carbons (Fsp3) is 0.294. The maximum absolute atomic E-state index is 12.4. The van der Waals surface area contributed by atoms with Gasteiger partial charge in [-0.2, -0.15) is 0 Å². The lowest BCUT2D eigenvalue weighted by atomic mass is 10.2. The summed E-state index contributed by atoms with van der Waals surface area (Å²) < 4.78 is 7.44. The highest BCUT2D eigenvalue weighted by molar-refractivity contribution is 5.95. The number of hydrogen-bond acceptors (Lipinski definition) is 3. The molecule has 0 unspecified atom stereocenters. The lowest BCUT2D eigenvalue weighted by Crippen LogP contribution is -2.13. The SMILES string of the molecule is Cc1cc(C(=O)Oc2cccc(C(N)=O)c2)c(C)n1C(C)C. The molecule has 0 fully saturated rings. The van der Waals surface area contributed by atoms with E-state index in [1.165, 1.54) is 6.07 Å². The lowest BCUT2D eigenvalue weighted by Gasteiger charge is -2.13. The highest BCUT2D eigenvalue weighted by atomic mass is 16.5. The van der Waals surface area contributed by atoms with Gasteiger partial charge in [-0.3, -0.25) is 4.79 Å². The van der Waals surface area contributed by atoms with Gasteiger partial charge >= 0.3 is 5.97 Å². The number of benzene rings is 1. The van der Waals surface area contributed by atoms with Gasteiger partial charge in [-0.1, -0.05) is 6.07 Å². The number of nitrogens with two attached hydrogens (primary N) is 1. The molecule has 0 saturated carbocycles. The molecule has 1 aromatic heterocycles. The molecule has 1 aromatic carbocycles. The monoisotopic (exact) mass is 300 g/mol. The molecule has 22 heavy (non-hydrogen) atoms. The number of primary amides is 1. The lowest BCUT2D eigenvalue weighted by molar-refractivity contribution is 0.0732. The van der Waals surface area contributed by atoms with Crippen LogP contribution in [0.2, 0.25) is 0 Å². The van der Waals surface area contributed by atoms with Gasteiger partial charge in [-0.25, -0.2) is 4.79 Å². The number of aryl methyl sites for hydroxylation is 1. The number of nitrogens with zero attached hydrogens (tertiary/aromatic N) is 1. The van der Waals surface area contributed by atoms with E-state index in [-0.39, 0.29) is 6.04 Å². The minimum absolute atomic E-state index is 0.264. The van der Waals surface area contributed by atoms with Crippen LogP contribution in [0.25, 0.3) is 0 Å². The van der Waals surface area contributed by atoms with Gasteiger partial charge in [0.25, 0.3) is 0 Å². The van der Waals surface area contributed by atoms with E-state index < -0.39 is 11.9 Å². The molecule has 0 bridgehead atoms. The third-order valence-electron chi connectivity index (χ3n) is 3.55. The highest BCUT2D eigenvalue weighted by Gasteiger charge is 2.19. The Labute approximate surface area is 129 Å². The summed E-state index contributed by atoms with van der Waals surface area (Å²) in [6.07, 6.45) is 0. The van der Waals surface area contributed by atoms with Crippen LogP contribution in [-0.4, -0.2) is 16.4 Å². The molecule has 5 heteroatoms. The molecule has 2 rings (SSSR count). The number of carbonyl (C=O) groups excluding carboxylic acids is 2. The second-order valence-electron chi connectivity index (χ2n) is 5.53. The Morgan fingerprint density at radius 3 is 2.41 bits per heavy atom. The number of carbonyl (C=O) groups is 2. The second-order valence-corrected chi connectivity index (χ2v) is 5.53. The summed E-state index contributed by atoms with van der Waals surface area (Å²) in [6.45, 7) is 7.97. The van der Waals surface area contributed by atoms with Crippen molar-refractivity contribution in [1.82, 2.24) is 4.57 Å². The van der Waals surface area contributed by atoms with Crippen LogP contribution in [0.1, 0.15) is 52.0 Å². The zero-order valence-electron chi connectivity index (χ0n) is 13.2. The number of rotatable bonds is 4. The minimum atomic E-state index is -0.559. The van der Waals surface area contributed by atoms with Crippen LogP contribution in [0, 0.1) is 13.8 Å². The Morgan fingerprint density at radius 2 is 1.86 bits per heavy atom. The van der Waals surface area contributed by atoms with Crippen molar-refractivity contribution in [3.63, 3.8) is 0 Å². The van der Waals surface area contributed by atoms with E-state index in [2.05, 4.69) is 18.4 Å². The van der Waals surface area contributed by atoms with Crippen LogP contribution in [-0.2, 0) is 0 Å². The molecular weight excluding hydrogens is 280 g/mol. The number of ether oxygens (including phenoxy) is 1. The molecule has 0 aliphatic heterocycles. The van der Waals surface area contributed by atoms with E-state index in [1.807, 2.05) is 19.9 Å². The van der Waals surface area contributed by atoms with Crippen LogP contribution in [0.15, 0.2) is 30.3 Å². The molecule has 2 aromatic rings. The maximum atomic E-state index is 12.4. The van der Waals surface area contributed by atoms with Crippen molar-refractivity contribution in [3.8, 4) is 5.75 Å². The van der Waals surface area contributed by atoms with E-state index in [0.717, 1.165) is 11.4 Å². The maximum Gasteiger partial charge on any atom is 0.345 e. The molecule has 0 saturated heterocycles. The Kier molecular flexibility index (Phi) is 4.35. The van der Waals surface area contributed by atoms with Gasteiger partial charge in [-0.05, 0) is 52.0 Å². The molecule has 1 heterocycles. The topological polar surface area (TPSA) is 74.3 Å². The molecule has 2 N–H and O–H groups in total. The van der Waals surface area contributed by atoms with E-state index >= 15 is 0 Å². The third-order valence-corrected chi connectivity index (χ3v) is 3.55. The first-order chi connectivity index (χ1) is 10.3. The number of aromatic nitrogens is 1. The Hall–Kier alpha value is -2.56. The Bertz CT molecular complexity index is 730. The van der Waals surface area contributed by atoms with E-state index in [0.29, 0.717) is 16.9 Å². The van der Waals surface area contributed by atoms with Crippen LogP contribution in [0.5, 0.6) is 5.75 Å². The van der Waals surface area contributed by atoms with Crippen molar-refractivity contribution >= 4 is 11.9 Å². The second kappa shape index (κ2) is 6.05. The molecular formula is C17H20N2O3. The van der Waals surface area contributed by atoms with Crippen molar-refractivity contribution < 1.29 is 14.3 Å². The first kappa shape index (κ1) is 15.8. The van der Waals surface area contributed by atoms with Crippen LogP contribution >= 0.6 is 0 Å². The summed E-state index contributed by atoms with van der Waals surface area (Å²) >= 11 is 0. The molecule has 5 nitrogen and oxygen atoms in total. The van der Waals surface area contributed by atoms with Gasteiger partial charge in [0.1, 0.15) is 5.75 Å². The predicted molar refractivity (Wildman–Crippen MR) is 84.2 cm³/mol. The normalized spacial score (nSPS) is 10.8. The van der Waals surface area contributed by atoms with Crippen molar-refractivity contribution in [1.29, 1.82) is 0 Å². The number of amides is 1. The molecule has 0 radical (unpaired) electrons. The van der Waals surface area contributed by atoms with Crippen LogP contribution in [0.3, 0.4) is 0 Å². The quantitative estimate of drug-likeness (QED) is 0.696. The van der Waals surface area contributed by atoms with Crippen molar-refractivity contribution in [2.24, 2.45) is 5.73 Å². The molecule has 116 valence electrons. The summed E-state index contributed by atoms with van der Waals surface area (Å²) in [4.78, 5) is 23.5. The molecule has 0 aliphatic rings. The highest BCUT2D eigenvalue weighted by Crippen LogP contribution is 2.22. The summed E-state index contributed by atoms with van der Waals surface area (Å²) in [5.41, 5.74) is 7.92. The van der Waals surface area contributed by atoms with Gasteiger partial charge in [0.05, 0.1) is 5.56 Å². The first-order valence-electron chi connectivity index (χ1n) is 7.11. The Balaban J connectivity index is 2.28. The summed E-state index contributed by atoms with van der Waals surface area (Å²) in [6, 6.07) is 8.35. The first-order valence-corrected chi connectivity index (χ1v) is 7.11. The van der Waals surface area contributed by atoms with E-state index in [4.69, 9.17) is 10.5 Å². The van der Waals surface area contributed by atoms with Gasteiger partial charge < -0.3 is 15.0 Å². The zero-order chi connectivity index (χ0) is 16.4. The largest absolute Gasteiger partial charge is 0.423 e. The van der Waals surface area contributed by atoms with Crippen LogP contribution < -0.4 is 10.5 Å². The number of esters is 1. The third kappa shape index (κ3) is 3.03. The van der Waals surface area contributed by atoms with Crippen molar-refractivity contribution in [2.45, 2.75) is 33.7 Å². The Morgan fingerprint density at radius 1 is 1.18 bits per heavy atom. The average molecular weight is 300 g/mol. The van der Waals surface area contributed by atoms with Gasteiger partial charge in [0.2, 0.25) is 5.91 Å². The fourth-order valence-corrected chi connectivity index (χ4v) is 2.65. The summed E-state index contributed by atoms with van der Waals surface area (Å²) in [5.74, 6) is -0.701. The number of hydrogen-bond donors (Lipinski definition) is 1. The molecule has 0 atom stereocenters. The molecule has 0 aliphatic carbocycles. The summed E-state index contributed by atoms with van der Waals surface area (Å²) in [7, 11) is 0. The fourth-order valence-electron chi connectivity index (χ4n) is 2.65. The standard InChI is InChI=1S/C17H20N2O3/c1-10(2)19-11(3)8-15(12(19)4)17(21)22-14-7-5-6-13(9-14)16(18)20/h5-10H,1-4H3,(H2,18,20). The molecule has 0 spiro atoms. The zero-order valence-corrected chi connectivity index (χ0v) is 13.2. The smallest absolute Gasteiger partial charge is 0.345 e. The molecule has 1 amide bonds.